The van der Waals surface area contributed by atoms with Gasteiger partial charge in [0.05, 0.1) is 12.8 Å². The number of methoxy groups -OCH3 is 1. The fraction of sp³-hybridized carbons (Fsp3) is 0.154. The second-order valence-corrected chi connectivity index (χ2v) is 4.60. The van der Waals surface area contributed by atoms with Gasteiger partial charge < -0.3 is 15.8 Å². The Kier molecular flexibility index (Phi) is 5.67. The first kappa shape index (κ1) is 15.6. The van der Waals surface area contributed by atoms with Crippen molar-refractivity contribution in [2.24, 2.45) is 10.7 Å². The molecule has 0 aliphatic heterocycles. The molecule has 0 atom stereocenters. The first-order chi connectivity index (χ1) is 9.57. The van der Waals surface area contributed by atoms with Gasteiger partial charge in [0.2, 0.25) is 5.91 Å². The quantitative estimate of drug-likeness (QED) is 0.490. The van der Waals surface area contributed by atoms with Gasteiger partial charge in [-0.05, 0) is 12.1 Å². The van der Waals surface area contributed by atoms with E-state index in [1.54, 1.807) is 19.3 Å². The molecule has 1 heterocycles. The number of amides is 1. The lowest BCUT2D eigenvalue weighted by Gasteiger charge is -2.01. The van der Waals surface area contributed by atoms with E-state index in [-0.39, 0.29) is 4.88 Å². The van der Waals surface area contributed by atoms with Crippen molar-refractivity contribution in [1.82, 2.24) is 0 Å². The molecule has 20 heavy (non-hydrogen) atoms. The van der Waals surface area contributed by atoms with E-state index in [0.717, 1.165) is 17.4 Å². The SMILES string of the molecule is C=CC(=O)Nc1cc(C(C=NC)=CN)sc1C(=O)OC. The highest BCUT2D eigenvalue weighted by atomic mass is 32.1. The molecule has 0 aliphatic rings. The maximum absolute atomic E-state index is 11.7. The highest BCUT2D eigenvalue weighted by molar-refractivity contribution is 7.16. The molecular formula is C13H15N3O3S. The van der Waals surface area contributed by atoms with Gasteiger partial charge in [0.25, 0.3) is 0 Å². The van der Waals surface area contributed by atoms with Crippen LogP contribution in [0.4, 0.5) is 5.69 Å². The summed E-state index contributed by atoms with van der Waals surface area (Å²) in [7, 11) is 2.88. The highest BCUT2D eigenvalue weighted by Crippen LogP contribution is 2.31. The lowest BCUT2D eigenvalue weighted by molar-refractivity contribution is -0.111. The third kappa shape index (κ3) is 3.55. The number of thiophene rings is 1. The molecule has 1 aromatic heterocycles. The molecule has 0 aliphatic carbocycles. The van der Waals surface area contributed by atoms with Crippen LogP contribution in [0.1, 0.15) is 14.5 Å². The molecule has 1 amide bonds. The number of nitrogens with two attached hydrogens (primary N) is 1. The minimum Gasteiger partial charge on any atom is -0.465 e. The maximum Gasteiger partial charge on any atom is 0.350 e. The number of hydrogen-bond acceptors (Lipinski definition) is 6. The predicted octanol–water partition coefficient (Wildman–Crippen LogP) is 1.66. The number of anilines is 1. The number of aliphatic imine (C=N–C) groups is 1. The van der Waals surface area contributed by atoms with Gasteiger partial charge in [0.1, 0.15) is 4.88 Å². The van der Waals surface area contributed by atoms with Crippen LogP contribution in [0.15, 0.2) is 29.9 Å². The summed E-state index contributed by atoms with van der Waals surface area (Å²) in [4.78, 5) is 27.9. The van der Waals surface area contributed by atoms with Gasteiger partial charge in [0, 0.05) is 29.9 Å². The van der Waals surface area contributed by atoms with Crippen molar-refractivity contribution in [3.05, 3.63) is 34.7 Å². The van der Waals surface area contributed by atoms with Gasteiger partial charge >= 0.3 is 5.97 Å². The lowest BCUT2D eigenvalue weighted by Crippen LogP contribution is -2.10. The molecule has 1 rings (SSSR count). The largest absolute Gasteiger partial charge is 0.465 e. The number of allylic oxidation sites excluding steroid dienone is 1. The minimum absolute atomic E-state index is 0.279. The van der Waals surface area contributed by atoms with Gasteiger partial charge in [-0.15, -0.1) is 11.3 Å². The van der Waals surface area contributed by atoms with Crippen molar-refractivity contribution in [3.63, 3.8) is 0 Å². The van der Waals surface area contributed by atoms with Gasteiger partial charge in [-0.3, -0.25) is 9.79 Å². The van der Waals surface area contributed by atoms with Crippen LogP contribution in [-0.2, 0) is 9.53 Å². The average molecular weight is 293 g/mol. The molecule has 106 valence electrons. The summed E-state index contributed by atoms with van der Waals surface area (Å²) in [6.45, 7) is 3.36. The Labute approximate surface area is 120 Å². The number of carbonyl (C=O) groups is 2. The Morgan fingerprint density at radius 2 is 2.25 bits per heavy atom. The van der Waals surface area contributed by atoms with Crippen molar-refractivity contribution in [3.8, 4) is 0 Å². The zero-order chi connectivity index (χ0) is 15.1. The normalized spacial score (nSPS) is 11.4. The van der Waals surface area contributed by atoms with Crippen LogP contribution in [0.2, 0.25) is 0 Å². The molecule has 0 saturated carbocycles. The predicted molar refractivity (Wildman–Crippen MR) is 81.1 cm³/mol. The standard InChI is InChI=1S/C13H15N3O3S/c1-4-11(17)16-9-5-10(8(6-14)7-15-2)20-12(9)13(18)19-3/h4-7H,1,14H2,2-3H3,(H,16,17). The third-order valence-corrected chi connectivity index (χ3v) is 3.44. The molecular weight excluding hydrogens is 278 g/mol. The maximum atomic E-state index is 11.7. The summed E-state index contributed by atoms with van der Waals surface area (Å²) in [5.74, 6) is -0.952. The molecule has 0 bridgehead atoms. The van der Waals surface area contributed by atoms with Crippen molar-refractivity contribution in [2.45, 2.75) is 0 Å². The van der Waals surface area contributed by atoms with Crippen LogP contribution in [0.5, 0.6) is 0 Å². The van der Waals surface area contributed by atoms with Crippen molar-refractivity contribution in [2.75, 3.05) is 19.5 Å². The van der Waals surface area contributed by atoms with Crippen molar-refractivity contribution < 1.29 is 14.3 Å². The molecule has 7 heteroatoms. The van der Waals surface area contributed by atoms with E-state index in [4.69, 9.17) is 5.73 Å². The number of ether oxygens (including phenoxy) is 1. The first-order valence-corrected chi connectivity index (χ1v) is 6.39. The molecule has 0 unspecified atom stereocenters. The molecule has 3 N–H and O–H groups in total. The second-order valence-electron chi connectivity index (χ2n) is 3.55. The molecule has 6 nitrogen and oxygen atoms in total. The number of nitrogens with one attached hydrogen (secondary N) is 1. The summed E-state index contributed by atoms with van der Waals surface area (Å²) in [6.07, 6.45) is 4.05. The van der Waals surface area contributed by atoms with E-state index in [2.05, 4.69) is 21.6 Å². The summed E-state index contributed by atoms with van der Waals surface area (Å²) in [5, 5.41) is 2.56. The Morgan fingerprint density at radius 3 is 2.75 bits per heavy atom. The Bertz CT molecular complexity index is 588. The van der Waals surface area contributed by atoms with Crippen LogP contribution in [0, 0.1) is 0 Å². The first-order valence-electron chi connectivity index (χ1n) is 5.57. The van der Waals surface area contributed by atoms with E-state index < -0.39 is 11.9 Å². The van der Waals surface area contributed by atoms with E-state index in [1.807, 2.05) is 0 Å². The van der Waals surface area contributed by atoms with Gasteiger partial charge in [-0.25, -0.2) is 4.79 Å². The number of carbonyl (C=O) groups excluding carboxylic acids is 2. The number of nitrogens with zero attached hydrogens (tertiary/aromatic N) is 1. The molecule has 0 saturated heterocycles. The summed E-state index contributed by atoms with van der Waals surface area (Å²) < 4.78 is 4.69. The lowest BCUT2D eigenvalue weighted by atomic mass is 10.2. The van der Waals surface area contributed by atoms with E-state index in [1.165, 1.54) is 13.3 Å². The molecule has 1 aromatic rings. The van der Waals surface area contributed by atoms with E-state index >= 15 is 0 Å². The monoisotopic (exact) mass is 293 g/mol. The molecule has 0 fully saturated rings. The van der Waals surface area contributed by atoms with Crippen LogP contribution in [0.25, 0.3) is 5.57 Å². The zero-order valence-electron chi connectivity index (χ0n) is 11.2. The molecule has 0 spiro atoms. The smallest absolute Gasteiger partial charge is 0.350 e. The minimum atomic E-state index is -0.537. The van der Waals surface area contributed by atoms with Crippen LogP contribution < -0.4 is 11.1 Å². The topological polar surface area (TPSA) is 93.8 Å². The fourth-order valence-electron chi connectivity index (χ4n) is 1.38. The average Bonchev–Trinajstić information content (AvgIpc) is 2.87. The van der Waals surface area contributed by atoms with E-state index in [9.17, 15) is 9.59 Å². The van der Waals surface area contributed by atoms with Crippen LogP contribution in [0.3, 0.4) is 0 Å². The fourth-order valence-corrected chi connectivity index (χ4v) is 2.40. The highest BCUT2D eigenvalue weighted by Gasteiger charge is 2.19. The van der Waals surface area contributed by atoms with E-state index in [0.29, 0.717) is 16.1 Å². The number of rotatable bonds is 5. The summed E-state index contributed by atoms with van der Waals surface area (Å²) in [5.41, 5.74) is 6.51. The molecule has 0 aromatic carbocycles. The summed E-state index contributed by atoms with van der Waals surface area (Å²) >= 11 is 1.15. The summed E-state index contributed by atoms with van der Waals surface area (Å²) in [6, 6.07) is 1.64. The third-order valence-electron chi connectivity index (χ3n) is 2.28. The van der Waals surface area contributed by atoms with Gasteiger partial charge in [0.15, 0.2) is 0 Å². The second kappa shape index (κ2) is 7.25. The number of hydrogen-bond donors (Lipinski definition) is 2. The number of esters is 1. The molecule has 0 radical (unpaired) electrons. The van der Waals surface area contributed by atoms with Gasteiger partial charge in [-0.2, -0.15) is 0 Å². The van der Waals surface area contributed by atoms with Crippen molar-refractivity contribution >= 4 is 40.7 Å². The zero-order valence-corrected chi connectivity index (χ0v) is 12.0. The van der Waals surface area contributed by atoms with Crippen molar-refractivity contribution in [1.29, 1.82) is 0 Å². The Balaban J connectivity index is 3.27. The Morgan fingerprint density at radius 1 is 1.55 bits per heavy atom. The van der Waals surface area contributed by atoms with Gasteiger partial charge in [-0.1, -0.05) is 6.58 Å². The van der Waals surface area contributed by atoms with Crippen LogP contribution in [-0.4, -0.2) is 32.2 Å². The van der Waals surface area contributed by atoms with Crippen LogP contribution >= 0.6 is 11.3 Å². The Hall–Kier alpha value is -2.41.